The number of ether oxygens (including phenoxy) is 3. The first kappa shape index (κ1) is 16.9. The third kappa shape index (κ3) is 3.03. The van der Waals surface area contributed by atoms with Crippen molar-refractivity contribution in [2.45, 2.75) is 17.2 Å². The lowest BCUT2D eigenvalue weighted by Gasteiger charge is -2.40. The summed E-state index contributed by atoms with van der Waals surface area (Å²) in [5, 5.41) is 9.19. The zero-order valence-corrected chi connectivity index (χ0v) is 14.2. The summed E-state index contributed by atoms with van der Waals surface area (Å²) >= 11 is 0. The van der Waals surface area contributed by atoms with E-state index in [4.69, 9.17) is 19.3 Å². The Balaban J connectivity index is 2.00. The highest BCUT2D eigenvalue weighted by Crippen LogP contribution is 2.34. The van der Waals surface area contributed by atoms with Gasteiger partial charge in [-0.2, -0.15) is 5.10 Å². The second-order valence-electron chi connectivity index (χ2n) is 5.61. The van der Waals surface area contributed by atoms with Gasteiger partial charge < -0.3 is 14.2 Å². The van der Waals surface area contributed by atoms with Crippen LogP contribution in [0.15, 0.2) is 35.4 Å². The van der Waals surface area contributed by atoms with Gasteiger partial charge >= 0.3 is 0 Å². The molecule has 2 heterocycles. The number of hydrogen-bond acceptors (Lipinski definition) is 6. The van der Waals surface area contributed by atoms with E-state index in [0.717, 1.165) is 11.3 Å². The van der Waals surface area contributed by atoms with Crippen molar-refractivity contribution in [3.63, 3.8) is 0 Å². The zero-order chi connectivity index (χ0) is 17.4. The first-order chi connectivity index (χ1) is 11.4. The van der Waals surface area contributed by atoms with Crippen molar-refractivity contribution >= 4 is 10.0 Å². The first-order valence-corrected chi connectivity index (χ1v) is 8.79. The highest BCUT2D eigenvalue weighted by atomic mass is 32.2. The van der Waals surface area contributed by atoms with Crippen LogP contribution < -0.4 is 9.88 Å². The largest absolute Gasteiger partial charge is 0.497 e. The summed E-state index contributed by atoms with van der Waals surface area (Å²) in [5.41, 5.74) is 0.853. The van der Waals surface area contributed by atoms with E-state index in [1.165, 1.54) is 6.07 Å². The number of nitrogens with two attached hydrogens (primary N) is 1. The van der Waals surface area contributed by atoms with Crippen molar-refractivity contribution in [3.8, 4) is 5.75 Å². The molecule has 1 fully saturated rings. The molecule has 0 bridgehead atoms. The van der Waals surface area contributed by atoms with Gasteiger partial charge in [0.15, 0.2) is 10.6 Å². The average molecular weight is 353 g/mol. The second-order valence-corrected chi connectivity index (χ2v) is 7.12. The number of rotatable bonds is 6. The molecule has 3 rings (SSSR count). The number of nitrogens with zero attached hydrogens (tertiary/aromatic N) is 2. The van der Waals surface area contributed by atoms with E-state index in [2.05, 4.69) is 5.10 Å². The smallest absolute Gasteiger partial charge is 0.257 e. The molecule has 1 aromatic carbocycles. The van der Waals surface area contributed by atoms with E-state index in [1.807, 2.05) is 24.3 Å². The summed E-state index contributed by atoms with van der Waals surface area (Å²) in [7, 11) is -0.754. The van der Waals surface area contributed by atoms with Crippen molar-refractivity contribution in [1.29, 1.82) is 0 Å². The highest BCUT2D eigenvalue weighted by Gasteiger charge is 2.44. The van der Waals surface area contributed by atoms with Crippen LogP contribution >= 0.6 is 0 Å². The van der Waals surface area contributed by atoms with Gasteiger partial charge in [-0.1, -0.05) is 12.1 Å². The van der Waals surface area contributed by atoms with Gasteiger partial charge in [-0.3, -0.25) is 4.68 Å². The van der Waals surface area contributed by atoms with Gasteiger partial charge in [-0.05, 0) is 17.7 Å². The maximum Gasteiger partial charge on any atom is 0.257 e. The molecular weight excluding hydrogens is 334 g/mol. The molecule has 2 aromatic rings. The van der Waals surface area contributed by atoms with Crippen LogP contribution in [-0.2, 0) is 31.6 Å². The van der Waals surface area contributed by atoms with Crippen LogP contribution in [0.4, 0.5) is 0 Å². The Kier molecular flexibility index (Phi) is 4.35. The molecule has 0 radical (unpaired) electrons. The number of sulfonamides is 1. The predicted molar refractivity (Wildman–Crippen MR) is 85.2 cm³/mol. The van der Waals surface area contributed by atoms with E-state index in [0.29, 0.717) is 25.5 Å². The van der Waals surface area contributed by atoms with Crippen molar-refractivity contribution in [1.82, 2.24) is 9.78 Å². The Labute approximate surface area is 140 Å². The van der Waals surface area contributed by atoms with E-state index >= 15 is 0 Å². The second kappa shape index (κ2) is 6.17. The molecule has 8 nitrogen and oxygen atoms in total. The number of hydrogen-bond donors (Lipinski definition) is 1. The summed E-state index contributed by atoms with van der Waals surface area (Å²) in [6.07, 6.45) is 0. The quantitative estimate of drug-likeness (QED) is 0.809. The fourth-order valence-corrected chi connectivity index (χ4v) is 3.07. The lowest BCUT2D eigenvalue weighted by Crippen LogP contribution is -2.49. The number of primary sulfonamides is 1. The van der Waals surface area contributed by atoms with Gasteiger partial charge in [0.05, 0.1) is 32.6 Å². The molecule has 0 unspecified atom stereocenters. The fourth-order valence-electron chi connectivity index (χ4n) is 2.58. The molecule has 0 atom stereocenters. The standard InChI is InChI=1S/C15H19N3O5S/c1-21-12-5-3-11(4-6-12)8-18-13(15(22-2)9-23-10-15)7-14(17-18)24(16,19)20/h3-7H,8-10H2,1-2H3,(H2,16,19,20). The van der Waals surface area contributed by atoms with Crippen LogP contribution in [0.3, 0.4) is 0 Å². The molecule has 0 amide bonds. The Bertz CT molecular complexity index is 820. The zero-order valence-electron chi connectivity index (χ0n) is 13.4. The summed E-state index contributed by atoms with van der Waals surface area (Å²) in [6, 6.07) is 8.88. The van der Waals surface area contributed by atoms with Gasteiger partial charge in [0.2, 0.25) is 0 Å². The summed E-state index contributed by atoms with van der Waals surface area (Å²) in [4.78, 5) is 0. The van der Waals surface area contributed by atoms with Crippen LogP contribution in [0.5, 0.6) is 5.75 Å². The van der Waals surface area contributed by atoms with Gasteiger partial charge in [0, 0.05) is 13.2 Å². The van der Waals surface area contributed by atoms with Gasteiger partial charge in [-0.25, -0.2) is 13.6 Å². The van der Waals surface area contributed by atoms with E-state index in [1.54, 1.807) is 18.9 Å². The van der Waals surface area contributed by atoms with Crippen LogP contribution in [0.2, 0.25) is 0 Å². The molecule has 0 aliphatic carbocycles. The predicted octanol–water partition coefficient (Wildman–Crippen LogP) is 0.459. The molecule has 0 saturated carbocycles. The topological polar surface area (TPSA) is 106 Å². The Morgan fingerprint density at radius 2 is 1.96 bits per heavy atom. The summed E-state index contributed by atoms with van der Waals surface area (Å²) in [6.45, 7) is 1.05. The minimum absolute atomic E-state index is 0.186. The number of aromatic nitrogens is 2. The van der Waals surface area contributed by atoms with Crippen LogP contribution in [-0.4, -0.2) is 45.6 Å². The van der Waals surface area contributed by atoms with Crippen LogP contribution in [0, 0.1) is 0 Å². The monoisotopic (exact) mass is 353 g/mol. The Hall–Kier alpha value is -1.94. The van der Waals surface area contributed by atoms with Crippen molar-refractivity contribution in [2.24, 2.45) is 5.14 Å². The van der Waals surface area contributed by atoms with Crippen LogP contribution in [0.25, 0.3) is 0 Å². The lowest BCUT2D eigenvalue weighted by atomic mass is 9.97. The third-order valence-corrected chi connectivity index (χ3v) is 4.85. The molecule has 1 saturated heterocycles. The van der Waals surface area contributed by atoms with Crippen molar-refractivity contribution < 1.29 is 22.6 Å². The maximum absolute atomic E-state index is 11.7. The first-order valence-electron chi connectivity index (χ1n) is 7.25. The fraction of sp³-hybridized carbons (Fsp3) is 0.400. The highest BCUT2D eigenvalue weighted by molar-refractivity contribution is 7.89. The van der Waals surface area contributed by atoms with Crippen LogP contribution in [0.1, 0.15) is 11.3 Å². The van der Waals surface area contributed by atoms with Crippen molar-refractivity contribution in [3.05, 3.63) is 41.6 Å². The normalized spacial score (nSPS) is 16.6. The Morgan fingerprint density at radius 3 is 2.42 bits per heavy atom. The lowest BCUT2D eigenvalue weighted by molar-refractivity contribution is -0.206. The molecule has 1 aliphatic rings. The summed E-state index contributed by atoms with van der Waals surface area (Å²) < 4.78 is 40.9. The molecule has 0 spiro atoms. The third-order valence-electron chi connectivity index (χ3n) is 4.07. The van der Waals surface area contributed by atoms with Crippen molar-refractivity contribution in [2.75, 3.05) is 27.4 Å². The summed E-state index contributed by atoms with van der Waals surface area (Å²) in [5.74, 6) is 0.741. The molecule has 1 aliphatic heterocycles. The van der Waals surface area contributed by atoms with E-state index in [-0.39, 0.29) is 5.03 Å². The molecule has 1 aromatic heterocycles. The average Bonchev–Trinajstić information content (AvgIpc) is 2.92. The van der Waals surface area contributed by atoms with E-state index in [9.17, 15) is 8.42 Å². The minimum atomic E-state index is -3.91. The molecular formula is C15H19N3O5S. The number of methoxy groups -OCH3 is 2. The SMILES string of the molecule is COc1ccc(Cn2nc(S(N)(=O)=O)cc2C2(OC)COC2)cc1. The Morgan fingerprint density at radius 1 is 1.29 bits per heavy atom. The molecule has 9 heteroatoms. The maximum atomic E-state index is 11.7. The minimum Gasteiger partial charge on any atom is -0.497 e. The molecule has 24 heavy (non-hydrogen) atoms. The molecule has 130 valence electrons. The van der Waals surface area contributed by atoms with Gasteiger partial charge in [0.1, 0.15) is 5.75 Å². The van der Waals surface area contributed by atoms with Gasteiger partial charge in [-0.15, -0.1) is 0 Å². The van der Waals surface area contributed by atoms with Gasteiger partial charge in [0.25, 0.3) is 10.0 Å². The number of benzene rings is 1. The van der Waals surface area contributed by atoms with E-state index < -0.39 is 15.6 Å². The molecule has 2 N–H and O–H groups in total.